The van der Waals surface area contributed by atoms with E-state index < -0.39 is 4.92 Å². The third kappa shape index (κ3) is 5.17. The predicted octanol–water partition coefficient (Wildman–Crippen LogP) is 3.31. The van der Waals surface area contributed by atoms with Gasteiger partial charge in [-0.25, -0.2) is 4.98 Å². The van der Waals surface area contributed by atoms with E-state index in [0.717, 1.165) is 39.1 Å². The molecule has 0 bridgehead atoms. The third-order valence-electron chi connectivity index (χ3n) is 4.98. The first-order chi connectivity index (χ1) is 13.0. The van der Waals surface area contributed by atoms with Crippen molar-refractivity contribution in [3.8, 4) is 0 Å². The Morgan fingerprint density at radius 3 is 2.70 bits per heavy atom. The Morgan fingerprint density at radius 2 is 2.00 bits per heavy atom. The second-order valence-corrected chi connectivity index (χ2v) is 7.13. The fraction of sp³-hybridized carbons (Fsp3) is 0.450. The van der Waals surface area contributed by atoms with Gasteiger partial charge < -0.3 is 10.2 Å². The van der Waals surface area contributed by atoms with Crippen molar-refractivity contribution in [3.05, 3.63) is 58.3 Å². The van der Waals surface area contributed by atoms with E-state index in [1.807, 2.05) is 6.92 Å². The first-order valence-electron chi connectivity index (χ1n) is 9.43. The van der Waals surface area contributed by atoms with Crippen LogP contribution in [0.1, 0.15) is 18.9 Å². The van der Waals surface area contributed by atoms with Crippen LogP contribution in [0.15, 0.2) is 42.6 Å². The van der Waals surface area contributed by atoms with Gasteiger partial charge in [0, 0.05) is 56.7 Å². The van der Waals surface area contributed by atoms with Crippen molar-refractivity contribution in [1.82, 2.24) is 9.88 Å². The topological polar surface area (TPSA) is 74.5 Å². The van der Waals surface area contributed by atoms with Gasteiger partial charge in [-0.15, -0.1) is 0 Å². The van der Waals surface area contributed by atoms with Crippen LogP contribution in [0.4, 0.5) is 17.2 Å². The largest absolute Gasteiger partial charge is 0.369 e. The summed E-state index contributed by atoms with van der Waals surface area (Å²) in [4.78, 5) is 19.7. The van der Waals surface area contributed by atoms with Crippen LogP contribution in [0, 0.1) is 17.0 Å². The summed E-state index contributed by atoms with van der Waals surface area (Å²) < 4.78 is 0. The van der Waals surface area contributed by atoms with Gasteiger partial charge in [-0.05, 0) is 44.0 Å². The Hall–Kier alpha value is -2.67. The molecule has 1 aliphatic rings. The van der Waals surface area contributed by atoms with Gasteiger partial charge in [0.25, 0.3) is 0 Å². The zero-order chi connectivity index (χ0) is 19.2. The highest BCUT2D eigenvalue weighted by Crippen LogP contribution is 2.22. The van der Waals surface area contributed by atoms with Crippen molar-refractivity contribution in [2.24, 2.45) is 0 Å². The summed E-state index contributed by atoms with van der Waals surface area (Å²) in [5.74, 6) is 0.347. The van der Waals surface area contributed by atoms with E-state index in [9.17, 15) is 10.1 Å². The van der Waals surface area contributed by atoms with E-state index in [0.29, 0.717) is 5.82 Å². The molecular weight excluding hydrogens is 342 g/mol. The molecule has 1 aromatic carbocycles. The van der Waals surface area contributed by atoms with Crippen molar-refractivity contribution in [3.63, 3.8) is 0 Å². The molecule has 1 aliphatic heterocycles. The first kappa shape index (κ1) is 19.1. The lowest BCUT2D eigenvalue weighted by molar-refractivity contribution is -0.384. The minimum Gasteiger partial charge on any atom is -0.369 e. The van der Waals surface area contributed by atoms with E-state index in [4.69, 9.17) is 0 Å². The molecule has 0 aliphatic carbocycles. The minimum atomic E-state index is -0.396. The molecule has 7 heteroatoms. The number of hydrogen-bond donors (Lipinski definition) is 1. The highest BCUT2D eigenvalue weighted by Gasteiger charge is 2.19. The summed E-state index contributed by atoms with van der Waals surface area (Å²) in [5, 5.41) is 14.3. The molecular formula is C20H27N5O2. The maximum Gasteiger partial charge on any atom is 0.311 e. The van der Waals surface area contributed by atoms with E-state index in [-0.39, 0.29) is 11.7 Å². The Labute approximate surface area is 160 Å². The molecule has 2 heterocycles. The number of nitro groups is 1. The van der Waals surface area contributed by atoms with Crippen LogP contribution in [0.25, 0.3) is 0 Å². The number of nitrogens with one attached hydrogen (secondary N) is 1. The highest BCUT2D eigenvalue weighted by molar-refractivity contribution is 5.55. The fourth-order valence-electron chi connectivity index (χ4n) is 3.39. The molecule has 1 atom stereocenters. The van der Waals surface area contributed by atoms with Crippen LogP contribution in [0.3, 0.4) is 0 Å². The fourth-order valence-corrected chi connectivity index (χ4v) is 3.39. The Morgan fingerprint density at radius 1 is 1.22 bits per heavy atom. The van der Waals surface area contributed by atoms with Crippen LogP contribution >= 0.6 is 0 Å². The molecule has 7 nitrogen and oxygen atoms in total. The summed E-state index contributed by atoms with van der Waals surface area (Å²) in [7, 11) is 0. The van der Waals surface area contributed by atoms with E-state index in [1.54, 1.807) is 12.3 Å². The number of aromatic nitrogens is 1. The second kappa shape index (κ2) is 8.81. The van der Waals surface area contributed by atoms with Gasteiger partial charge in [-0.3, -0.25) is 15.0 Å². The molecule has 0 unspecified atom stereocenters. The summed E-state index contributed by atoms with van der Waals surface area (Å²) >= 11 is 0. The zero-order valence-corrected chi connectivity index (χ0v) is 16.0. The van der Waals surface area contributed by atoms with Gasteiger partial charge in [-0.2, -0.15) is 0 Å². The van der Waals surface area contributed by atoms with E-state index in [2.05, 4.69) is 51.3 Å². The minimum absolute atomic E-state index is 0.0242. The average Bonchev–Trinajstić information content (AvgIpc) is 2.67. The molecule has 0 radical (unpaired) electrons. The van der Waals surface area contributed by atoms with Crippen molar-refractivity contribution < 1.29 is 4.92 Å². The van der Waals surface area contributed by atoms with Gasteiger partial charge in [0.15, 0.2) is 0 Å². The maximum absolute atomic E-state index is 11.1. The lowest BCUT2D eigenvalue weighted by atomic mass is 10.1. The van der Waals surface area contributed by atoms with Crippen molar-refractivity contribution in [2.75, 3.05) is 42.9 Å². The molecule has 0 spiro atoms. The molecule has 2 aromatic rings. The van der Waals surface area contributed by atoms with Gasteiger partial charge in [0.1, 0.15) is 0 Å². The number of benzene rings is 1. The molecule has 1 saturated heterocycles. The standard InChI is InChI=1S/C20H27N5O2/c1-16-5-3-6-18(15-16)24-13-11-23(12-14-24)10-8-17(2)22-20-19(25(26)27)7-4-9-21-20/h3-7,9,15,17H,8,10-14H2,1-2H3,(H,21,22)/t17-/m1/s1. The van der Waals surface area contributed by atoms with Gasteiger partial charge in [-0.1, -0.05) is 12.1 Å². The second-order valence-electron chi connectivity index (χ2n) is 7.13. The summed E-state index contributed by atoms with van der Waals surface area (Å²) in [5.41, 5.74) is 2.61. The predicted molar refractivity (Wildman–Crippen MR) is 108 cm³/mol. The normalized spacial score (nSPS) is 16.1. The monoisotopic (exact) mass is 369 g/mol. The van der Waals surface area contributed by atoms with Crippen LogP contribution in [0.5, 0.6) is 0 Å². The molecule has 144 valence electrons. The molecule has 1 fully saturated rings. The summed E-state index contributed by atoms with van der Waals surface area (Å²) in [6, 6.07) is 11.8. The van der Waals surface area contributed by atoms with Crippen molar-refractivity contribution in [1.29, 1.82) is 0 Å². The number of aryl methyl sites for hydroxylation is 1. The third-order valence-corrected chi connectivity index (χ3v) is 4.98. The molecule has 0 saturated carbocycles. The van der Waals surface area contributed by atoms with E-state index in [1.165, 1.54) is 17.3 Å². The highest BCUT2D eigenvalue weighted by atomic mass is 16.6. The average molecular weight is 369 g/mol. The summed E-state index contributed by atoms with van der Waals surface area (Å²) in [6.07, 6.45) is 2.49. The molecule has 27 heavy (non-hydrogen) atoms. The Kier molecular flexibility index (Phi) is 6.24. The van der Waals surface area contributed by atoms with Gasteiger partial charge >= 0.3 is 5.69 Å². The SMILES string of the molecule is Cc1cccc(N2CCN(CC[C@@H](C)Nc3ncccc3[N+](=O)[O-])CC2)c1. The Balaban J connectivity index is 1.45. The van der Waals surface area contributed by atoms with Crippen LogP contribution in [0.2, 0.25) is 0 Å². The van der Waals surface area contributed by atoms with Crippen molar-refractivity contribution in [2.45, 2.75) is 26.3 Å². The molecule has 1 N–H and O–H groups in total. The first-order valence-corrected chi connectivity index (χ1v) is 9.43. The van der Waals surface area contributed by atoms with Crippen LogP contribution in [-0.2, 0) is 0 Å². The number of nitrogens with zero attached hydrogens (tertiary/aromatic N) is 4. The zero-order valence-electron chi connectivity index (χ0n) is 16.0. The van der Waals surface area contributed by atoms with Crippen LogP contribution < -0.4 is 10.2 Å². The number of anilines is 2. The van der Waals surface area contributed by atoms with Crippen molar-refractivity contribution >= 4 is 17.2 Å². The van der Waals surface area contributed by atoms with E-state index >= 15 is 0 Å². The smallest absolute Gasteiger partial charge is 0.311 e. The number of rotatable bonds is 7. The number of pyridine rings is 1. The maximum atomic E-state index is 11.1. The van der Waals surface area contributed by atoms with Gasteiger partial charge in [0.2, 0.25) is 5.82 Å². The molecule has 0 amide bonds. The number of piperazine rings is 1. The van der Waals surface area contributed by atoms with Crippen LogP contribution in [-0.4, -0.2) is 53.6 Å². The quantitative estimate of drug-likeness (QED) is 0.596. The Bertz CT molecular complexity index is 774. The lowest BCUT2D eigenvalue weighted by Gasteiger charge is -2.36. The molecule has 3 rings (SSSR count). The summed E-state index contributed by atoms with van der Waals surface area (Å²) in [6.45, 7) is 9.25. The van der Waals surface area contributed by atoms with Gasteiger partial charge in [0.05, 0.1) is 4.92 Å². The number of hydrogen-bond acceptors (Lipinski definition) is 6. The lowest BCUT2D eigenvalue weighted by Crippen LogP contribution is -2.47. The molecule has 1 aromatic heterocycles.